The average Bonchev–Trinajstić information content (AvgIpc) is 2.70. The number of pyridine rings is 1. The van der Waals surface area contributed by atoms with Gasteiger partial charge in [0, 0.05) is 24.5 Å². The first-order chi connectivity index (χ1) is 14.9. The standard InChI is InChI=1S/C21H33N5O4S/c27-26(28)16-21(24-18-11-7-4-8-12-18)25-31(29,30)20-15-22-14-13-19(20)23-17-9-5-2-1-3-6-10-17/h13-18,24-25H,1-12H2,(H,22,23)/b21-16+. The van der Waals surface area contributed by atoms with E-state index in [0.717, 1.165) is 57.8 Å². The molecule has 9 nitrogen and oxygen atoms in total. The largest absolute Gasteiger partial charge is 0.381 e. The lowest BCUT2D eigenvalue weighted by Gasteiger charge is -2.25. The summed E-state index contributed by atoms with van der Waals surface area (Å²) in [5.74, 6) is -0.113. The van der Waals surface area contributed by atoms with E-state index in [9.17, 15) is 18.5 Å². The van der Waals surface area contributed by atoms with Crippen LogP contribution >= 0.6 is 0 Å². The van der Waals surface area contributed by atoms with E-state index in [4.69, 9.17) is 0 Å². The minimum Gasteiger partial charge on any atom is -0.381 e. The molecular formula is C21H33N5O4S. The van der Waals surface area contributed by atoms with Gasteiger partial charge in [-0.2, -0.15) is 0 Å². The van der Waals surface area contributed by atoms with Crippen molar-refractivity contribution in [2.75, 3.05) is 5.32 Å². The summed E-state index contributed by atoms with van der Waals surface area (Å²) in [6, 6.07) is 1.87. The van der Waals surface area contributed by atoms with E-state index in [2.05, 4.69) is 20.3 Å². The molecule has 0 aliphatic heterocycles. The Morgan fingerprint density at radius 1 is 1.00 bits per heavy atom. The third kappa shape index (κ3) is 7.37. The first kappa shape index (κ1) is 23.3. The van der Waals surface area contributed by atoms with E-state index in [-0.39, 0.29) is 22.8 Å². The van der Waals surface area contributed by atoms with Crippen LogP contribution in [0.1, 0.15) is 77.0 Å². The number of aromatic nitrogens is 1. The molecule has 0 unspecified atom stereocenters. The Hall–Kier alpha value is -2.36. The Balaban J connectivity index is 1.77. The van der Waals surface area contributed by atoms with Crippen LogP contribution in [0, 0.1) is 10.1 Å². The molecule has 2 aliphatic carbocycles. The summed E-state index contributed by atoms with van der Waals surface area (Å²) in [4.78, 5) is 14.4. The van der Waals surface area contributed by atoms with Crippen LogP contribution in [0.3, 0.4) is 0 Å². The van der Waals surface area contributed by atoms with Gasteiger partial charge in [-0.15, -0.1) is 0 Å². The fraction of sp³-hybridized carbons (Fsp3) is 0.667. The van der Waals surface area contributed by atoms with Gasteiger partial charge >= 0.3 is 0 Å². The summed E-state index contributed by atoms with van der Waals surface area (Å²) in [7, 11) is -4.06. The van der Waals surface area contributed by atoms with Crippen molar-refractivity contribution in [2.24, 2.45) is 0 Å². The zero-order chi connectivity index (χ0) is 22.1. The monoisotopic (exact) mass is 451 g/mol. The number of nitrogens with zero attached hydrogens (tertiary/aromatic N) is 2. The highest BCUT2D eigenvalue weighted by molar-refractivity contribution is 7.89. The van der Waals surface area contributed by atoms with Crippen molar-refractivity contribution in [3.05, 3.63) is 40.6 Å². The van der Waals surface area contributed by atoms with Crippen LogP contribution in [0.2, 0.25) is 0 Å². The van der Waals surface area contributed by atoms with Crippen LogP contribution in [0.15, 0.2) is 35.4 Å². The van der Waals surface area contributed by atoms with Gasteiger partial charge in [-0.1, -0.05) is 51.4 Å². The van der Waals surface area contributed by atoms with E-state index in [1.54, 1.807) is 12.3 Å². The van der Waals surface area contributed by atoms with Crippen molar-refractivity contribution >= 4 is 15.7 Å². The van der Waals surface area contributed by atoms with Crippen molar-refractivity contribution in [2.45, 2.75) is 94.0 Å². The number of nitro groups is 1. The van der Waals surface area contributed by atoms with E-state index in [0.29, 0.717) is 11.9 Å². The van der Waals surface area contributed by atoms with E-state index in [1.807, 2.05) is 0 Å². The summed E-state index contributed by atoms with van der Waals surface area (Å²) in [5.41, 5.74) is 0.478. The molecule has 2 fully saturated rings. The minimum atomic E-state index is -4.06. The molecular weight excluding hydrogens is 418 g/mol. The molecule has 0 amide bonds. The Bertz CT molecular complexity index is 860. The van der Waals surface area contributed by atoms with E-state index >= 15 is 0 Å². The molecule has 10 heteroatoms. The highest BCUT2D eigenvalue weighted by Crippen LogP contribution is 2.25. The molecule has 2 aliphatic rings. The summed E-state index contributed by atoms with van der Waals surface area (Å²) in [6.45, 7) is 0. The lowest BCUT2D eigenvalue weighted by Crippen LogP contribution is -2.39. The molecule has 3 rings (SSSR count). The Kier molecular flexibility index (Phi) is 8.51. The van der Waals surface area contributed by atoms with Gasteiger partial charge in [-0.25, -0.2) is 8.42 Å². The predicted octanol–water partition coefficient (Wildman–Crippen LogP) is 3.88. The lowest BCUT2D eigenvalue weighted by molar-refractivity contribution is -0.404. The number of hydrogen-bond donors (Lipinski definition) is 3. The van der Waals surface area contributed by atoms with Gasteiger partial charge in [0.05, 0.1) is 10.6 Å². The molecule has 3 N–H and O–H groups in total. The Labute approximate surface area is 184 Å². The van der Waals surface area contributed by atoms with E-state index in [1.165, 1.54) is 25.5 Å². The molecule has 1 aromatic heterocycles. The second kappa shape index (κ2) is 11.3. The fourth-order valence-electron chi connectivity index (χ4n) is 4.40. The second-order valence-electron chi connectivity index (χ2n) is 8.47. The molecule has 1 aromatic rings. The molecule has 172 valence electrons. The number of hydrogen-bond acceptors (Lipinski definition) is 7. The summed E-state index contributed by atoms with van der Waals surface area (Å²) >= 11 is 0. The van der Waals surface area contributed by atoms with Crippen LogP contribution in [0.5, 0.6) is 0 Å². The predicted molar refractivity (Wildman–Crippen MR) is 119 cm³/mol. The van der Waals surface area contributed by atoms with Gasteiger partial charge in [0.25, 0.3) is 16.2 Å². The van der Waals surface area contributed by atoms with Crippen LogP contribution in [0.25, 0.3) is 0 Å². The van der Waals surface area contributed by atoms with Gasteiger partial charge in [0.1, 0.15) is 4.90 Å². The molecule has 0 spiro atoms. The molecule has 1 heterocycles. The van der Waals surface area contributed by atoms with Gasteiger partial charge in [0.2, 0.25) is 0 Å². The van der Waals surface area contributed by atoms with Crippen LogP contribution in [-0.4, -0.2) is 30.4 Å². The number of sulfonamides is 1. The van der Waals surface area contributed by atoms with E-state index < -0.39 is 14.9 Å². The van der Waals surface area contributed by atoms with Crippen LogP contribution < -0.4 is 15.4 Å². The zero-order valence-electron chi connectivity index (χ0n) is 17.9. The summed E-state index contributed by atoms with van der Waals surface area (Å²) < 4.78 is 28.7. The number of rotatable bonds is 8. The molecule has 0 bridgehead atoms. The van der Waals surface area contributed by atoms with Crippen molar-refractivity contribution in [1.82, 2.24) is 15.0 Å². The van der Waals surface area contributed by atoms with Crippen LogP contribution in [0.4, 0.5) is 5.69 Å². The van der Waals surface area contributed by atoms with Gasteiger partial charge in [0.15, 0.2) is 5.82 Å². The average molecular weight is 452 g/mol. The topological polar surface area (TPSA) is 126 Å². The zero-order valence-corrected chi connectivity index (χ0v) is 18.7. The highest BCUT2D eigenvalue weighted by atomic mass is 32.2. The molecule has 0 atom stereocenters. The smallest absolute Gasteiger partial charge is 0.275 e. The second-order valence-corrected chi connectivity index (χ2v) is 10.1. The van der Waals surface area contributed by atoms with Gasteiger partial charge in [-0.05, 0) is 31.7 Å². The normalized spacial score (nSPS) is 19.8. The summed E-state index contributed by atoms with van der Waals surface area (Å²) in [6.07, 6.45) is 16.3. The number of nitrogens with one attached hydrogen (secondary N) is 3. The van der Waals surface area contributed by atoms with Crippen molar-refractivity contribution in [3.8, 4) is 0 Å². The summed E-state index contributed by atoms with van der Waals surface area (Å²) in [5, 5.41) is 17.5. The maximum Gasteiger partial charge on any atom is 0.275 e. The number of anilines is 1. The first-order valence-electron chi connectivity index (χ1n) is 11.3. The van der Waals surface area contributed by atoms with Gasteiger partial charge < -0.3 is 10.6 Å². The maximum absolute atomic E-state index is 13.2. The van der Waals surface area contributed by atoms with Gasteiger partial charge in [-0.3, -0.25) is 19.8 Å². The lowest BCUT2D eigenvalue weighted by atomic mass is 9.96. The van der Waals surface area contributed by atoms with Crippen molar-refractivity contribution in [1.29, 1.82) is 0 Å². The molecule has 0 radical (unpaired) electrons. The molecule has 31 heavy (non-hydrogen) atoms. The molecule has 2 saturated carbocycles. The first-order valence-corrected chi connectivity index (χ1v) is 12.8. The fourth-order valence-corrected chi connectivity index (χ4v) is 5.53. The molecule has 0 saturated heterocycles. The SMILES string of the molecule is O=[N+]([O-])/C=C(\NC1CCCCC1)NS(=O)(=O)c1cnccc1NC1CCCCCCC1. The third-order valence-electron chi connectivity index (χ3n) is 5.98. The Morgan fingerprint density at radius 3 is 2.23 bits per heavy atom. The molecule has 0 aromatic carbocycles. The Morgan fingerprint density at radius 2 is 1.58 bits per heavy atom. The maximum atomic E-state index is 13.2. The van der Waals surface area contributed by atoms with Crippen LogP contribution in [-0.2, 0) is 10.0 Å². The quantitative estimate of drug-likeness (QED) is 0.404. The third-order valence-corrected chi connectivity index (χ3v) is 7.38. The van der Waals surface area contributed by atoms with Crippen molar-refractivity contribution in [3.63, 3.8) is 0 Å². The van der Waals surface area contributed by atoms with Crippen molar-refractivity contribution < 1.29 is 13.3 Å². The minimum absolute atomic E-state index is 0.00301. The highest BCUT2D eigenvalue weighted by Gasteiger charge is 2.25.